The van der Waals surface area contributed by atoms with Crippen LogP contribution in [0.3, 0.4) is 0 Å². The van der Waals surface area contributed by atoms with Gasteiger partial charge in [-0.15, -0.1) is 11.6 Å². The summed E-state index contributed by atoms with van der Waals surface area (Å²) in [6.07, 6.45) is 11.9. The Balaban J connectivity index is -0.000000114. The van der Waals surface area contributed by atoms with Crippen molar-refractivity contribution >= 4 is 23.5 Å². The second kappa shape index (κ2) is 25.4. The van der Waals surface area contributed by atoms with Gasteiger partial charge in [-0.3, -0.25) is 9.59 Å². The van der Waals surface area contributed by atoms with E-state index in [-0.39, 0.29) is 19.5 Å². The molecule has 7 nitrogen and oxygen atoms in total. The van der Waals surface area contributed by atoms with Crippen molar-refractivity contribution in [3.05, 3.63) is 0 Å². The monoisotopic (exact) mass is 472 g/mol. The first kappa shape index (κ1) is 40.5. The number of carboxylic acid groups (broad SMARTS) is 1. The van der Waals surface area contributed by atoms with Crippen molar-refractivity contribution in [3.8, 4) is 0 Å². The molecule has 0 aromatic carbocycles. The third-order valence-electron chi connectivity index (χ3n) is 3.78. The third-order valence-corrected chi connectivity index (χ3v) is 3.93. The van der Waals surface area contributed by atoms with Gasteiger partial charge in [-0.2, -0.15) is 0 Å². The summed E-state index contributed by atoms with van der Waals surface area (Å²) < 4.78 is 5.02. The first-order chi connectivity index (χ1) is 13.3. The first-order valence-electron chi connectivity index (χ1n) is 10.8. The van der Waals surface area contributed by atoms with E-state index in [1.807, 2.05) is 0 Å². The molecule has 0 bridgehead atoms. The van der Waals surface area contributed by atoms with E-state index in [1.54, 1.807) is 13.8 Å². The standard InChI is InChI=1S/C11H21ClO2.C7H16O.C4H9NO2.CH4.H3N/c1-4-5-6-7-8-9-14-10(13)11(2,3)12;1-2-3-4-5-6-7-8;1-4(2,5)3(6)7;;/h4-9H2,1-3H3;8H,2-7H2,1H3;5H2,1-2H3,(H,6,7);1H4;1H3. The summed E-state index contributed by atoms with van der Waals surface area (Å²) in [6.45, 7) is 11.4. The normalized spacial score (nSPS) is 10.2. The van der Waals surface area contributed by atoms with Crippen molar-refractivity contribution in [1.82, 2.24) is 6.15 Å². The van der Waals surface area contributed by atoms with Crippen LogP contribution in [0, 0.1) is 0 Å². The summed E-state index contributed by atoms with van der Waals surface area (Å²) in [4.78, 5) is 20.2. The minimum atomic E-state index is -1.08. The summed E-state index contributed by atoms with van der Waals surface area (Å²) in [7, 11) is 0. The van der Waals surface area contributed by atoms with Crippen molar-refractivity contribution in [2.24, 2.45) is 5.73 Å². The molecule has 0 aliphatic rings. The lowest BCUT2D eigenvalue weighted by Gasteiger charge is -2.14. The summed E-state index contributed by atoms with van der Waals surface area (Å²) in [5, 5.41) is 16.5. The fourth-order valence-electron chi connectivity index (χ4n) is 1.76. The molecule has 8 heteroatoms. The zero-order chi connectivity index (χ0) is 23.3. The van der Waals surface area contributed by atoms with Gasteiger partial charge in [0.1, 0.15) is 10.4 Å². The maximum Gasteiger partial charge on any atom is 0.326 e. The van der Waals surface area contributed by atoms with Crippen molar-refractivity contribution in [3.63, 3.8) is 0 Å². The molecule has 0 atom stereocenters. The van der Waals surface area contributed by atoms with E-state index in [2.05, 4.69) is 13.8 Å². The first-order valence-corrected chi connectivity index (χ1v) is 11.2. The van der Waals surface area contributed by atoms with Gasteiger partial charge in [-0.1, -0.05) is 72.6 Å². The second-order valence-corrected chi connectivity index (χ2v) is 9.13. The molecule has 0 fully saturated rings. The van der Waals surface area contributed by atoms with Crippen LogP contribution in [0.4, 0.5) is 0 Å². The third kappa shape index (κ3) is 36.8. The topological polar surface area (TPSA) is 145 Å². The number of nitrogens with two attached hydrogens (primary N) is 1. The zero-order valence-corrected chi connectivity index (χ0v) is 21.0. The van der Waals surface area contributed by atoms with Gasteiger partial charge in [0.05, 0.1) is 6.61 Å². The smallest absolute Gasteiger partial charge is 0.326 e. The highest BCUT2D eigenvalue weighted by molar-refractivity contribution is 6.33. The van der Waals surface area contributed by atoms with Crippen LogP contribution in [-0.2, 0) is 14.3 Å². The van der Waals surface area contributed by atoms with E-state index in [4.69, 9.17) is 32.3 Å². The van der Waals surface area contributed by atoms with Crippen LogP contribution in [0.5, 0.6) is 0 Å². The van der Waals surface area contributed by atoms with Crippen LogP contribution in [0.2, 0.25) is 0 Å². The van der Waals surface area contributed by atoms with Crippen LogP contribution < -0.4 is 11.9 Å². The highest BCUT2D eigenvalue weighted by atomic mass is 35.5. The minimum Gasteiger partial charge on any atom is -0.480 e. The zero-order valence-electron chi connectivity index (χ0n) is 20.3. The van der Waals surface area contributed by atoms with E-state index < -0.39 is 16.4 Å². The van der Waals surface area contributed by atoms with Crippen molar-refractivity contribution in [2.75, 3.05) is 13.2 Å². The van der Waals surface area contributed by atoms with E-state index in [0.717, 1.165) is 19.3 Å². The molecule has 0 aromatic heterocycles. The van der Waals surface area contributed by atoms with E-state index >= 15 is 0 Å². The number of carboxylic acids is 1. The Hall–Kier alpha value is -0.890. The molecule has 0 saturated carbocycles. The number of hydrogen-bond acceptors (Lipinski definition) is 6. The Labute approximate surface area is 197 Å². The number of aliphatic hydroxyl groups is 1. The van der Waals surface area contributed by atoms with Crippen LogP contribution in [0.1, 0.15) is 113 Å². The van der Waals surface area contributed by atoms with Gasteiger partial charge >= 0.3 is 11.9 Å². The lowest BCUT2D eigenvalue weighted by atomic mass is 10.1. The van der Waals surface area contributed by atoms with Gasteiger partial charge in [0, 0.05) is 6.61 Å². The maximum atomic E-state index is 11.2. The molecule has 7 N–H and O–H groups in total. The Morgan fingerprint density at radius 1 is 0.871 bits per heavy atom. The number of hydrogen-bond donors (Lipinski definition) is 4. The second-order valence-electron chi connectivity index (χ2n) is 8.19. The van der Waals surface area contributed by atoms with Gasteiger partial charge in [0.15, 0.2) is 0 Å². The number of alkyl halides is 1. The van der Waals surface area contributed by atoms with Crippen LogP contribution in [0.25, 0.3) is 0 Å². The number of aliphatic carboxylic acids is 1. The largest absolute Gasteiger partial charge is 0.480 e. The Morgan fingerprint density at radius 2 is 1.23 bits per heavy atom. The molecular weight excluding hydrogens is 420 g/mol. The van der Waals surface area contributed by atoms with E-state index in [1.165, 1.54) is 58.8 Å². The quantitative estimate of drug-likeness (QED) is 0.144. The molecule has 0 aromatic rings. The summed E-state index contributed by atoms with van der Waals surface area (Å²) in [6, 6.07) is 0. The number of carbonyl (C=O) groups excluding carboxylic acids is 1. The number of halogens is 1. The van der Waals surface area contributed by atoms with Crippen LogP contribution in [-0.4, -0.2) is 45.8 Å². The SMILES string of the molecule is C.CC(C)(N)C(=O)O.CCCCCCCO.CCCCCCCOC(=O)C(C)(C)Cl.N. The predicted molar refractivity (Wildman–Crippen MR) is 133 cm³/mol. The molecule has 0 aliphatic heterocycles. The fourth-order valence-corrected chi connectivity index (χ4v) is 1.81. The van der Waals surface area contributed by atoms with Crippen LogP contribution in [0.15, 0.2) is 0 Å². The molecule has 0 unspecified atom stereocenters. The van der Waals surface area contributed by atoms with Crippen LogP contribution >= 0.6 is 11.6 Å². The Morgan fingerprint density at radius 3 is 1.52 bits per heavy atom. The number of ether oxygens (including phenoxy) is 1. The van der Waals surface area contributed by atoms with Crippen molar-refractivity contribution in [1.29, 1.82) is 0 Å². The minimum absolute atomic E-state index is 0. The van der Waals surface area contributed by atoms with E-state index in [9.17, 15) is 9.59 Å². The molecule has 0 spiro atoms. The van der Waals surface area contributed by atoms with Gasteiger partial charge in [-0.25, -0.2) is 0 Å². The molecular formula is C23H53ClN2O5. The average molecular weight is 473 g/mol. The highest BCUT2D eigenvalue weighted by Gasteiger charge is 2.25. The lowest BCUT2D eigenvalue weighted by molar-refractivity contribution is -0.146. The number of rotatable bonds is 13. The Kier molecular flexibility index (Phi) is 33.1. The lowest BCUT2D eigenvalue weighted by Crippen LogP contribution is -2.41. The highest BCUT2D eigenvalue weighted by Crippen LogP contribution is 2.14. The molecule has 0 radical (unpaired) electrons. The predicted octanol–water partition coefficient (Wildman–Crippen LogP) is 6.07. The summed E-state index contributed by atoms with van der Waals surface area (Å²) in [5.41, 5.74) is 4.00. The van der Waals surface area contributed by atoms with Crippen molar-refractivity contribution < 1.29 is 24.5 Å². The molecule has 0 rings (SSSR count). The number of carbonyl (C=O) groups is 2. The summed E-state index contributed by atoms with van der Waals surface area (Å²) in [5.74, 6) is -1.30. The molecule has 192 valence electrons. The fraction of sp³-hybridized carbons (Fsp3) is 0.913. The number of aliphatic hydroxyl groups excluding tert-OH is 1. The molecule has 0 saturated heterocycles. The van der Waals surface area contributed by atoms with Gasteiger partial charge < -0.3 is 26.8 Å². The Bertz CT molecular complexity index is 388. The number of esters is 1. The van der Waals surface area contributed by atoms with Gasteiger partial charge in [-0.05, 0) is 40.5 Å². The summed E-state index contributed by atoms with van der Waals surface area (Å²) >= 11 is 5.77. The molecule has 0 amide bonds. The maximum absolute atomic E-state index is 11.2. The van der Waals surface area contributed by atoms with Crippen molar-refractivity contribution in [2.45, 2.75) is 124 Å². The molecule has 0 aliphatic carbocycles. The molecule has 0 heterocycles. The van der Waals surface area contributed by atoms with Gasteiger partial charge in [0.2, 0.25) is 0 Å². The number of unbranched alkanes of at least 4 members (excludes halogenated alkanes) is 8. The van der Waals surface area contributed by atoms with Gasteiger partial charge in [0.25, 0.3) is 0 Å². The van der Waals surface area contributed by atoms with E-state index in [0.29, 0.717) is 13.2 Å². The average Bonchev–Trinajstić information content (AvgIpc) is 2.61. The molecule has 31 heavy (non-hydrogen) atoms.